The predicted molar refractivity (Wildman–Crippen MR) is 107 cm³/mol. The Kier molecular flexibility index (Phi) is 5.03. The molecule has 1 amide bonds. The van der Waals surface area contributed by atoms with Crippen LogP contribution in [0.3, 0.4) is 0 Å². The summed E-state index contributed by atoms with van der Waals surface area (Å²) in [6.45, 7) is 0.410. The molecule has 0 aliphatic rings. The third-order valence-electron chi connectivity index (χ3n) is 4.50. The van der Waals surface area contributed by atoms with Crippen molar-refractivity contribution in [1.82, 2.24) is 19.9 Å². The molecule has 4 rings (SSSR count). The van der Waals surface area contributed by atoms with E-state index in [2.05, 4.69) is 15.4 Å². The van der Waals surface area contributed by atoms with E-state index in [1.807, 2.05) is 48.7 Å². The molecule has 2 N–H and O–H groups in total. The molecule has 0 unspecified atom stereocenters. The standard InChI is InChI=1S/C22H18N4O3/c27-21(23-13-16-4-2-1-3-5-16)20-24-19-11-8-17(14-26(19)25-20)12-15-6-9-18(10-7-15)22(28)29/h1-11,14H,12-13H2,(H,23,27)(H,28,29). The fraction of sp³-hybridized carbons (Fsp3) is 0.0909. The molecule has 0 fully saturated rings. The second-order valence-corrected chi connectivity index (χ2v) is 6.62. The molecule has 0 saturated heterocycles. The van der Waals surface area contributed by atoms with Crippen molar-refractivity contribution in [3.05, 3.63) is 101 Å². The molecule has 0 aliphatic heterocycles. The van der Waals surface area contributed by atoms with Gasteiger partial charge in [-0.3, -0.25) is 4.79 Å². The van der Waals surface area contributed by atoms with Crippen LogP contribution in [0.2, 0.25) is 0 Å². The Morgan fingerprint density at radius 1 is 0.897 bits per heavy atom. The maximum atomic E-state index is 12.4. The largest absolute Gasteiger partial charge is 0.478 e. The van der Waals surface area contributed by atoms with E-state index in [0.29, 0.717) is 18.6 Å². The molecule has 29 heavy (non-hydrogen) atoms. The number of nitrogens with one attached hydrogen (secondary N) is 1. The SMILES string of the molecule is O=C(O)c1ccc(Cc2ccc3nc(C(=O)NCc4ccccc4)nn3c2)cc1. The van der Waals surface area contributed by atoms with Gasteiger partial charge in [0.25, 0.3) is 5.91 Å². The summed E-state index contributed by atoms with van der Waals surface area (Å²) in [6, 6.07) is 20.1. The smallest absolute Gasteiger partial charge is 0.335 e. The van der Waals surface area contributed by atoms with Gasteiger partial charge in [0.15, 0.2) is 5.65 Å². The maximum absolute atomic E-state index is 12.4. The first-order valence-electron chi connectivity index (χ1n) is 9.08. The van der Waals surface area contributed by atoms with Crippen molar-refractivity contribution in [3.63, 3.8) is 0 Å². The zero-order valence-corrected chi connectivity index (χ0v) is 15.4. The summed E-state index contributed by atoms with van der Waals surface area (Å²) in [7, 11) is 0. The molecule has 7 nitrogen and oxygen atoms in total. The second kappa shape index (κ2) is 7.93. The van der Waals surface area contributed by atoms with Crippen LogP contribution in [0.25, 0.3) is 5.65 Å². The minimum atomic E-state index is -0.946. The maximum Gasteiger partial charge on any atom is 0.335 e. The van der Waals surface area contributed by atoms with E-state index < -0.39 is 5.97 Å². The number of fused-ring (bicyclic) bond motifs is 1. The van der Waals surface area contributed by atoms with Crippen LogP contribution >= 0.6 is 0 Å². The number of hydrogen-bond donors (Lipinski definition) is 2. The van der Waals surface area contributed by atoms with Gasteiger partial charge in [-0.1, -0.05) is 48.5 Å². The molecule has 0 spiro atoms. The highest BCUT2D eigenvalue weighted by Gasteiger charge is 2.13. The lowest BCUT2D eigenvalue weighted by molar-refractivity contribution is 0.0696. The quantitative estimate of drug-likeness (QED) is 0.531. The van der Waals surface area contributed by atoms with E-state index in [1.165, 1.54) is 0 Å². The van der Waals surface area contributed by atoms with Crippen molar-refractivity contribution in [2.45, 2.75) is 13.0 Å². The summed E-state index contributed by atoms with van der Waals surface area (Å²) < 4.78 is 1.58. The van der Waals surface area contributed by atoms with Crippen molar-refractivity contribution in [2.75, 3.05) is 0 Å². The first-order chi connectivity index (χ1) is 14.1. The Balaban J connectivity index is 1.47. The normalized spacial score (nSPS) is 10.8. The number of nitrogens with zero attached hydrogens (tertiary/aromatic N) is 3. The van der Waals surface area contributed by atoms with Crippen LogP contribution in [-0.4, -0.2) is 31.6 Å². The molecule has 0 radical (unpaired) electrons. The third kappa shape index (κ3) is 4.30. The number of carboxylic acid groups (broad SMARTS) is 1. The van der Waals surface area contributed by atoms with E-state index in [4.69, 9.17) is 5.11 Å². The molecular weight excluding hydrogens is 368 g/mol. The predicted octanol–water partition coefficient (Wildman–Crippen LogP) is 2.95. The number of amides is 1. The monoisotopic (exact) mass is 386 g/mol. The summed E-state index contributed by atoms with van der Waals surface area (Å²) in [4.78, 5) is 27.6. The number of hydrogen-bond acceptors (Lipinski definition) is 4. The van der Waals surface area contributed by atoms with Crippen LogP contribution in [0.4, 0.5) is 0 Å². The molecule has 2 aromatic carbocycles. The van der Waals surface area contributed by atoms with Gasteiger partial charge in [-0.2, -0.15) is 0 Å². The average Bonchev–Trinajstić information content (AvgIpc) is 3.17. The number of aromatic carboxylic acids is 1. The van der Waals surface area contributed by atoms with Crippen LogP contribution in [0.15, 0.2) is 72.9 Å². The first-order valence-corrected chi connectivity index (χ1v) is 9.08. The van der Waals surface area contributed by atoms with E-state index in [-0.39, 0.29) is 17.3 Å². The average molecular weight is 386 g/mol. The zero-order valence-electron chi connectivity index (χ0n) is 15.4. The topological polar surface area (TPSA) is 96.6 Å². The molecule has 144 valence electrons. The van der Waals surface area contributed by atoms with E-state index in [1.54, 1.807) is 28.8 Å². The zero-order chi connectivity index (χ0) is 20.2. The summed E-state index contributed by atoms with van der Waals surface area (Å²) in [5.74, 6) is -1.16. The number of rotatable bonds is 6. The van der Waals surface area contributed by atoms with Gasteiger partial charge in [0.1, 0.15) is 0 Å². The number of benzene rings is 2. The Bertz CT molecular complexity index is 1170. The van der Waals surface area contributed by atoms with Crippen molar-refractivity contribution >= 4 is 17.5 Å². The molecule has 7 heteroatoms. The summed E-state index contributed by atoms with van der Waals surface area (Å²) in [5, 5.41) is 16.1. The molecule has 4 aromatic rings. The number of aromatic nitrogens is 3. The van der Waals surface area contributed by atoms with Gasteiger partial charge in [-0.05, 0) is 41.3 Å². The van der Waals surface area contributed by atoms with Gasteiger partial charge in [0.2, 0.25) is 5.82 Å². The van der Waals surface area contributed by atoms with Gasteiger partial charge >= 0.3 is 5.97 Å². The highest BCUT2D eigenvalue weighted by Crippen LogP contribution is 2.12. The van der Waals surface area contributed by atoms with E-state index >= 15 is 0 Å². The fourth-order valence-electron chi connectivity index (χ4n) is 2.98. The highest BCUT2D eigenvalue weighted by molar-refractivity contribution is 5.90. The lowest BCUT2D eigenvalue weighted by atomic mass is 10.0. The second-order valence-electron chi connectivity index (χ2n) is 6.62. The lowest BCUT2D eigenvalue weighted by Gasteiger charge is -2.03. The molecule has 0 saturated carbocycles. The highest BCUT2D eigenvalue weighted by atomic mass is 16.4. The van der Waals surface area contributed by atoms with Gasteiger partial charge in [0, 0.05) is 12.7 Å². The third-order valence-corrected chi connectivity index (χ3v) is 4.50. The van der Waals surface area contributed by atoms with E-state index in [9.17, 15) is 9.59 Å². The minimum absolute atomic E-state index is 0.115. The minimum Gasteiger partial charge on any atom is -0.478 e. The van der Waals surface area contributed by atoms with E-state index in [0.717, 1.165) is 16.7 Å². The molecule has 2 aromatic heterocycles. The van der Waals surface area contributed by atoms with Crippen LogP contribution < -0.4 is 5.32 Å². The van der Waals surface area contributed by atoms with Gasteiger partial charge < -0.3 is 10.4 Å². The number of carbonyl (C=O) groups is 2. The molecule has 0 aliphatic carbocycles. The van der Waals surface area contributed by atoms with Crippen LogP contribution in [0, 0.1) is 0 Å². The number of carboxylic acids is 1. The molecular formula is C22H18N4O3. The summed E-state index contributed by atoms with van der Waals surface area (Å²) in [6.07, 6.45) is 2.44. The molecule has 0 bridgehead atoms. The van der Waals surface area contributed by atoms with Gasteiger partial charge in [-0.15, -0.1) is 5.10 Å². The molecule has 2 heterocycles. The Labute approximate surface area is 166 Å². The summed E-state index contributed by atoms with van der Waals surface area (Å²) >= 11 is 0. The number of carbonyl (C=O) groups excluding carboxylic acids is 1. The van der Waals surface area contributed by atoms with Gasteiger partial charge in [-0.25, -0.2) is 14.3 Å². The van der Waals surface area contributed by atoms with Crippen LogP contribution in [0.1, 0.15) is 37.7 Å². The van der Waals surface area contributed by atoms with Crippen molar-refractivity contribution in [3.8, 4) is 0 Å². The van der Waals surface area contributed by atoms with Crippen molar-refractivity contribution in [2.24, 2.45) is 0 Å². The molecule has 0 atom stereocenters. The first kappa shape index (κ1) is 18.4. The summed E-state index contributed by atoms with van der Waals surface area (Å²) in [5.41, 5.74) is 3.80. The Hall–Kier alpha value is -4.00. The van der Waals surface area contributed by atoms with Crippen LogP contribution in [-0.2, 0) is 13.0 Å². The van der Waals surface area contributed by atoms with Gasteiger partial charge in [0.05, 0.1) is 5.56 Å². The Morgan fingerprint density at radius 3 is 2.34 bits per heavy atom. The number of pyridine rings is 1. The van der Waals surface area contributed by atoms with Crippen LogP contribution in [0.5, 0.6) is 0 Å². The Morgan fingerprint density at radius 2 is 1.62 bits per heavy atom. The van der Waals surface area contributed by atoms with Crippen molar-refractivity contribution < 1.29 is 14.7 Å². The van der Waals surface area contributed by atoms with Crippen molar-refractivity contribution in [1.29, 1.82) is 0 Å². The fourth-order valence-corrected chi connectivity index (χ4v) is 2.98. The lowest BCUT2D eigenvalue weighted by Crippen LogP contribution is -2.24.